The second kappa shape index (κ2) is 6.29. The van der Waals surface area contributed by atoms with Crippen LogP contribution in [0.4, 0.5) is 5.95 Å². The van der Waals surface area contributed by atoms with Crippen LogP contribution >= 0.6 is 0 Å². The van der Waals surface area contributed by atoms with Gasteiger partial charge in [-0.25, -0.2) is 0 Å². The quantitative estimate of drug-likeness (QED) is 0.840. The Hall–Kier alpha value is -2.21. The van der Waals surface area contributed by atoms with Gasteiger partial charge in [-0.05, 0) is 35.4 Å². The molecular formula is C14H17N5O. The highest BCUT2D eigenvalue weighted by atomic mass is 16.5. The molecule has 1 aliphatic rings. The van der Waals surface area contributed by atoms with Crippen LogP contribution in [0.2, 0.25) is 0 Å². The minimum absolute atomic E-state index is 0.670. The van der Waals surface area contributed by atoms with E-state index in [0.717, 1.165) is 38.3 Å². The first-order chi connectivity index (χ1) is 9.93. The zero-order chi connectivity index (χ0) is 13.6. The van der Waals surface area contributed by atoms with Gasteiger partial charge in [0.1, 0.15) is 0 Å². The topological polar surface area (TPSA) is 64.9 Å². The molecule has 1 aromatic heterocycles. The molecule has 0 unspecified atom stereocenters. The number of nitrogens with zero attached hydrogens (tertiary/aromatic N) is 4. The Morgan fingerprint density at radius 2 is 2.15 bits per heavy atom. The smallest absolute Gasteiger partial charge is 0.247 e. The van der Waals surface area contributed by atoms with Crippen LogP contribution < -0.4 is 5.32 Å². The number of tetrazole rings is 1. The average Bonchev–Trinajstić information content (AvgIpc) is 2.98. The summed E-state index contributed by atoms with van der Waals surface area (Å²) in [5, 5.41) is 15.0. The predicted molar refractivity (Wildman–Crippen MR) is 75.8 cm³/mol. The molecule has 3 rings (SSSR count). The third kappa shape index (κ3) is 3.03. The van der Waals surface area contributed by atoms with Crippen molar-refractivity contribution in [2.45, 2.75) is 12.8 Å². The van der Waals surface area contributed by atoms with Crippen molar-refractivity contribution in [1.82, 2.24) is 20.2 Å². The van der Waals surface area contributed by atoms with E-state index in [1.54, 1.807) is 4.68 Å². The van der Waals surface area contributed by atoms with Crippen molar-refractivity contribution in [3.8, 4) is 5.69 Å². The van der Waals surface area contributed by atoms with Gasteiger partial charge >= 0.3 is 0 Å². The molecular weight excluding hydrogens is 254 g/mol. The number of hydrogen-bond acceptors (Lipinski definition) is 5. The molecule has 1 aromatic carbocycles. The zero-order valence-corrected chi connectivity index (χ0v) is 11.2. The van der Waals surface area contributed by atoms with E-state index in [2.05, 4.69) is 26.9 Å². The van der Waals surface area contributed by atoms with Gasteiger partial charge in [-0.3, -0.25) is 0 Å². The average molecular weight is 271 g/mol. The second-order valence-corrected chi connectivity index (χ2v) is 4.61. The normalized spacial score (nSPS) is 14.9. The van der Waals surface area contributed by atoms with Gasteiger partial charge in [0.15, 0.2) is 0 Å². The summed E-state index contributed by atoms with van der Waals surface area (Å²) in [5.41, 5.74) is 2.38. The number of anilines is 1. The molecule has 0 atom stereocenters. The van der Waals surface area contributed by atoms with Crippen molar-refractivity contribution in [3.63, 3.8) is 0 Å². The minimum Gasteiger partial charge on any atom is -0.377 e. The summed E-state index contributed by atoms with van der Waals surface area (Å²) >= 11 is 0. The number of hydrogen-bond donors (Lipinski definition) is 1. The molecule has 20 heavy (non-hydrogen) atoms. The Morgan fingerprint density at radius 1 is 1.25 bits per heavy atom. The Balaban J connectivity index is 1.61. The minimum atomic E-state index is 0.670. The van der Waals surface area contributed by atoms with E-state index in [0.29, 0.717) is 5.95 Å². The lowest BCUT2D eigenvalue weighted by Gasteiger charge is -2.13. The molecule has 0 bridgehead atoms. The summed E-state index contributed by atoms with van der Waals surface area (Å²) in [6.45, 7) is 2.38. The standard InChI is InChI=1S/C14H17N5O/c1-2-4-13(5-3-1)19-14(16-17-18-19)15-9-6-12-7-10-20-11-8-12/h1-5,7H,6,8-11H2,(H,15,16,18). The summed E-state index contributed by atoms with van der Waals surface area (Å²) < 4.78 is 7.00. The van der Waals surface area contributed by atoms with Crippen LogP contribution in [0.15, 0.2) is 42.0 Å². The summed E-state index contributed by atoms with van der Waals surface area (Å²) in [7, 11) is 0. The van der Waals surface area contributed by atoms with Gasteiger partial charge in [0.25, 0.3) is 0 Å². The number of nitrogens with one attached hydrogen (secondary N) is 1. The molecule has 2 aromatic rings. The maximum Gasteiger partial charge on any atom is 0.247 e. The molecule has 6 heteroatoms. The molecule has 6 nitrogen and oxygen atoms in total. The van der Waals surface area contributed by atoms with Crippen LogP contribution in [0, 0.1) is 0 Å². The van der Waals surface area contributed by atoms with Crippen molar-refractivity contribution in [2.24, 2.45) is 0 Å². The molecule has 0 amide bonds. The molecule has 1 aliphatic heterocycles. The Morgan fingerprint density at radius 3 is 2.95 bits per heavy atom. The van der Waals surface area contributed by atoms with Crippen molar-refractivity contribution >= 4 is 5.95 Å². The van der Waals surface area contributed by atoms with Crippen LogP contribution in [-0.4, -0.2) is 40.0 Å². The first-order valence-electron chi connectivity index (χ1n) is 6.77. The van der Waals surface area contributed by atoms with E-state index in [1.807, 2.05) is 30.3 Å². The fourth-order valence-corrected chi connectivity index (χ4v) is 2.17. The van der Waals surface area contributed by atoms with E-state index in [-0.39, 0.29) is 0 Å². The largest absolute Gasteiger partial charge is 0.377 e. The second-order valence-electron chi connectivity index (χ2n) is 4.61. The maximum absolute atomic E-state index is 5.30. The Bertz CT molecular complexity index is 578. The van der Waals surface area contributed by atoms with Crippen LogP contribution in [-0.2, 0) is 4.74 Å². The molecule has 0 saturated carbocycles. The Labute approximate surface area is 117 Å². The lowest BCUT2D eigenvalue weighted by molar-refractivity contribution is 0.153. The SMILES string of the molecule is C1=C(CCNc2nnnn2-c2ccccc2)CCOC1. The van der Waals surface area contributed by atoms with Gasteiger partial charge in [-0.1, -0.05) is 34.9 Å². The summed E-state index contributed by atoms with van der Waals surface area (Å²) in [4.78, 5) is 0. The van der Waals surface area contributed by atoms with Crippen LogP contribution in [0.25, 0.3) is 5.69 Å². The molecule has 1 N–H and O–H groups in total. The number of para-hydroxylation sites is 1. The van der Waals surface area contributed by atoms with E-state index in [1.165, 1.54) is 5.57 Å². The van der Waals surface area contributed by atoms with E-state index < -0.39 is 0 Å². The molecule has 0 radical (unpaired) electrons. The number of ether oxygens (including phenoxy) is 1. The Kier molecular flexibility index (Phi) is 4.03. The maximum atomic E-state index is 5.30. The van der Waals surface area contributed by atoms with E-state index in [9.17, 15) is 0 Å². The first-order valence-corrected chi connectivity index (χ1v) is 6.77. The molecule has 0 aliphatic carbocycles. The van der Waals surface area contributed by atoms with Gasteiger partial charge in [0, 0.05) is 6.54 Å². The highest BCUT2D eigenvalue weighted by molar-refractivity contribution is 5.38. The van der Waals surface area contributed by atoms with Crippen LogP contribution in [0.5, 0.6) is 0 Å². The van der Waals surface area contributed by atoms with Gasteiger partial charge in [0.05, 0.1) is 18.9 Å². The van der Waals surface area contributed by atoms with Crippen molar-refractivity contribution in [2.75, 3.05) is 25.1 Å². The van der Waals surface area contributed by atoms with Crippen molar-refractivity contribution < 1.29 is 4.74 Å². The third-order valence-electron chi connectivity index (χ3n) is 3.26. The van der Waals surface area contributed by atoms with Crippen LogP contribution in [0.3, 0.4) is 0 Å². The molecule has 104 valence electrons. The zero-order valence-electron chi connectivity index (χ0n) is 11.2. The highest BCUT2D eigenvalue weighted by Gasteiger charge is 2.08. The number of aromatic nitrogens is 4. The molecule has 0 fully saturated rings. The summed E-state index contributed by atoms with van der Waals surface area (Å²) in [5.74, 6) is 0.670. The lowest BCUT2D eigenvalue weighted by atomic mass is 10.1. The molecule has 0 spiro atoms. The number of rotatable bonds is 5. The van der Waals surface area contributed by atoms with E-state index >= 15 is 0 Å². The van der Waals surface area contributed by atoms with Crippen molar-refractivity contribution in [3.05, 3.63) is 42.0 Å². The van der Waals surface area contributed by atoms with Gasteiger partial charge in [-0.2, -0.15) is 4.68 Å². The lowest BCUT2D eigenvalue weighted by Crippen LogP contribution is -2.11. The van der Waals surface area contributed by atoms with Gasteiger partial charge in [0.2, 0.25) is 5.95 Å². The van der Waals surface area contributed by atoms with E-state index in [4.69, 9.17) is 4.74 Å². The number of benzene rings is 1. The van der Waals surface area contributed by atoms with Crippen LogP contribution in [0.1, 0.15) is 12.8 Å². The summed E-state index contributed by atoms with van der Waals surface area (Å²) in [6.07, 6.45) is 4.17. The molecule has 0 saturated heterocycles. The highest BCUT2D eigenvalue weighted by Crippen LogP contribution is 2.13. The fraction of sp³-hybridized carbons (Fsp3) is 0.357. The van der Waals surface area contributed by atoms with Crippen molar-refractivity contribution in [1.29, 1.82) is 0 Å². The first kappa shape index (κ1) is 12.8. The fourth-order valence-electron chi connectivity index (χ4n) is 2.17. The van der Waals surface area contributed by atoms with Gasteiger partial charge in [-0.15, -0.1) is 0 Å². The predicted octanol–water partition coefficient (Wildman–Crippen LogP) is 1.81. The molecule has 2 heterocycles. The summed E-state index contributed by atoms with van der Waals surface area (Å²) in [6, 6.07) is 9.85. The monoisotopic (exact) mass is 271 g/mol. The third-order valence-corrected chi connectivity index (χ3v) is 3.26. The van der Waals surface area contributed by atoms with Gasteiger partial charge < -0.3 is 10.1 Å².